The van der Waals surface area contributed by atoms with Gasteiger partial charge in [0.2, 0.25) is 0 Å². The SMILES string of the molecule is C=C(C)C(=O)OC1CCCCC1OCCCCCCCCCCCCCCCCCC. The second-order valence-corrected chi connectivity index (χ2v) is 9.72. The van der Waals surface area contributed by atoms with E-state index in [0.717, 1.165) is 32.3 Å². The number of rotatable bonds is 20. The number of carbonyl (C=O) groups excluding carboxylic acids is 1. The number of unbranched alkanes of at least 4 members (excludes halogenated alkanes) is 15. The molecule has 182 valence electrons. The number of hydrogen-bond donors (Lipinski definition) is 0. The van der Waals surface area contributed by atoms with E-state index in [0.29, 0.717) is 5.57 Å². The lowest BCUT2D eigenvalue weighted by Crippen LogP contribution is -2.36. The van der Waals surface area contributed by atoms with Crippen LogP contribution >= 0.6 is 0 Å². The number of esters is 1. The van der Waals surface area contributed by atoms with Crippen LogP contribution in [0.5, 0.6) is 0 Å². The number of carbonyl (C=O) groups is 1. The van der Waals surface area contributed by atoms with E-state index in [-0.39, 0.29) is 18.2 Å². The lowest BCUT2D eigenvalue weighted by Gasteiger charge is -2.31. The highest BCUT2D eigenvalue weighted by molar-refractivity contribution is 5.87. The first-order valence-electron chi connectivity index (χ1n) is 13.6. The van der Waals surface area contributed by atoms with Crippen molar-refractivity contribution in [2.45, 2.75) is 154 Å². The van der Waals surface area contributed by atoms with Crippen molar-refractivity contribution in [1.82, 2.24) is 0 Å². The summed E-state index contributed by atoms with van der Waals surface area (Å²) in [6.45, 7) is 8.47. The van der Waals surface area contributed by atoms with Crippen LogP contribution in [0.2, 0.25) is 0 Å². The molecule has 0 aromatic heterocycles. The molecule has 0 amide bonds. The molecule has 2 atom stereocenters. The van der Waals surface area contributed by atoms with Crippen molar-refractivity contribution in [1.29, 1.82) is 0 Å². The molecule has 0 aliphatic heterocycles. The second kappa shape index (κ2) is 19.8. The molecule has 1 fully saturated rings. The fourth-order valence-corrected chi connectivity index (χ4v) is 4.51. The van der Waals surface area contributed by atoms with Crippen molar-refractivity contribution in [3.05, 3.63) is 12.2 Å². The van der Waals surface area contributed by atoms with Crippen molar-refractivity contribution >= 4 is 5.97 Å². The summed E-state index contributed by atoms with van der Waals surface area (Å²) in [7, 11) is 0. The van der Waals surface area contributed by atoms with E-state index < -0.39 is 0 Å². The quantitative estimate of drug-likeness (QED) is 0.109. The van der Waals surface area contributed by atoms with Gasteiger partial charge in [-0.15, -0.1) is 0 Å². The normalized spacial score (nSPS) is 18.8. The molecule has 1 rings (SSSR count). The van der Waals surface area contributed by atoms with E-state index in [9.17, 15) is 4.79 Å². The zero-order valence-electron chi connectivity index (χ0n) is 20.9. The standard InChI is InChI=1S/C28H52O3/c1-4-5-6-7-8-9-10-11-12-13-14-15-16-17-18-21-24-30-26-22-19-20-23-27(26)31-28(29)25(2)3/h26-27H,2,4-24H2,1,3H3. The molecule has 1 saturated carbocycles. The summed E-state index contributed by atoms with van der Waals surface area (Å²) < 4.78 is 11.7. The zero-order chi connectivity index (χ0) is 22.6. The molecule has 0 aromatic carbocycles. The smallest absolute Gasteiger partial charge is 0.333 e. The maximum Gasteiger partial charge on any atom is 0.333 e. The Balaban J connectivity index is 1.87. The van der Waals surface area contributed by atoms with Crippen LogP contribution in [0, 0.1) is 0 Å². The zero-order valence-corrected chi connectivity index (χ0v) is 20.9. The van der Waals surface area contributed by atoms with Crippen molar-refractivity contribution in [2.24, 2.45) is 0 Å². The van der Waals surface area contributed by atoms with Gasteiger partial charge in [0, 0.05) is 12.2 Å². The van der Waals surface area contributed by atoms with Gasteiger partial charge in [0.1, 0.15) is 6.10 Å². The molecule has 3 heteroatoms. The molecule has 0 N–H and O–H groups in total. The highest BCUT2D eigenvalue weighted by Gasteiger charge is 2.29. The molecule has 0 radical (unpaired) electrons. The minimum absolute atomic E-state index is 0.0772. The Labute approximate surface area is 193 Å². The van der Waals surface area contributed by atoms with Crippen molar-refractivity contribution < 1.29 is 14.3 Å². The van der Waals surface area contributed by atoms with Gasteiger partial charge in [-0.25, -0.2) is 4.79 Å². The van der Waals surface area contributed by atoms with Crippen LogP contribution in [-0.2, 0) is 14.3 Å². The molecule has 0 bridgehead atoms. The average Bonchev–Trinajstić information content (AvgIpc) is 2.76. The molecule has 3 nitrogen and oxygen atoms in total. The summed E-state index contributed by atoms with van der Waals surface area (Å²) in [5, 5.41) is 0. The van der Waals surface area contributed by atoms with Crippen molar-refractivity contribution in [2.75, 3.05) is 6.61 Å². The van der Waals surface area contributed by atoms with Gasteiger partial charge in [0.25, 0.3) is 0 Å². The van der Waals surface area contributed by atoms with E-state index in [2.05, 4.69) is 13.5 Å². The van der Waals surface area contributed by atoms with Crippen LogP contribution in [0.15, 0.2) is 12.2 Å². The Hall–Kier alpha value is -0.830. The minimum Gasteiger partial charge on any atom is -0.456 e. The van der Waals surface area contributed by atoms with Gasteiger partial charge in [0.05, 0.1) is 6.10 Å². The van der Waals surface area contributed by atoms with Gasteiger partial charge in [0.15, 0.2) is 0 Å². The molecule has 1 aliphatic carbocycles. The first kappa shape index (κ1) is 28.2. The highest BCUT2D eigenvalue weighted by atomic mass is 16.6. The lowest BCUT2D eigenvalue weighted by atomic mass is 9.94. The molecule has 0 aromatic rings. The third-order valence-electron chi connectivity index (χ3n) is 6.58. The van der Waals surface area contributed by atoms with E-state index in [1.165, 1.54) is 103 Å². The third kappa shape index (κ3) is 15.6. The first-order chi connectivity index (χ1) is 15.1. The van der Waals surface area contributed by atoms with Gasteiger partial charge in [-0.3, -0.25) is 0 Å². The van der Waals surface area contributed by atoms with E-state index in [1.807, 2.05) is 0 Å². The molecule has 0 saturated heterocycles. The molecule has 31 heavy (non-hydrogen) atoms. The van der Waals surface area contributed by atoms with Gasteiger partial charge in [-0.2, -0.15) is 0 Å². The Morgan fingerprint density at radius 1 is 0.710 bits per heavy atom. The Bertz CT molecular complexity index is 446. The van der Waals surface area contributed by atoms with Gasteiger partial charge >= 0.3 is 5.97 Å². The fourth-order valence-electron chi connectivity index (χ4n) is 4.51. The van der Waals surface area contributed by atoms with Crippen LogP contribution < -0.4 is 0 Å². The summed E-state index contributed by atoms with van der Waals surface area (Å²) in [6.07, 6.45) is 26.3. The summed E-state index contributed by atoms with van der Waals surface area (Å²) in [4.78, 5) is 11.8. The molecule has 0 spiro atoms. The van der Waals surface area contributed by atoms with Crippen molar-refractivity contribution in [3.8, 4) is 0 Å². The Kier molecular flexibility index (Phi) is 18.0. The van der Waals surface area contributed by atoms with Crippen LogP contribution in [0.1, 0.15) is 142 Å². The second-order valence-electron chi connectivity index (χ2n) is 9.72. The van der Waals surface area contributed by atoms with Crippen molar-refractivity contribution in [3.63, 3.8) is 0 Å². The topological polar surface area (TPSA) is 35.5 Å². The minimum atomic E-state index is -0.275. The van der Waals surface area contributed by atoms with Crippen LogP contribution in [-0.4, -0.2) is 24.8 Å². The average molecular weight is 437 g/mol. The largest absolute Gasteiger partial charge is 0.456 e. The van der Waals surface area contributed by atoms with Gasteiger partial charge in [-0.05, 0) is 32.6 Å². The van der Waals surface area contributed by atoms with Gasteiger partial charge < -0.3 is 9.47 Å². The van der Waals surface area contributed by atoms with Crippen LogP contribution in [0.4, 0.5) is 0 Å². The van der Waals surface area contributed by atoms with Crippen LogP contribution in [0.25, 0.3) is 0 Å². The maximum absolute atomic E-state index is 11.8. The monoisotopic (exact) mass is 436 g/mol. The summed E-state index contributed by atoms with van der Waals surface area (Å²) in [5.74, 6) is -0.275. The first-order valence-corrected chi connectivity index (χ1v) is 13.6. The molecule has 0 heterocycles. The Morgan fingerprint density at radius 3 is 1.58 bits per heavy atom. The molecular formula is C28H52O3. The number of ether oxygens (including phenoxy) is 2. The summed E-state index contributed by atoms with van der Waals surface area (Å²) in [6, 6.07) is 0. The lowest BCUT2D eigenvalue weighted by molar-refractivity contribution is -0.156. The summed E-state index contributed by atoms with van der Waals surface area (Å²) in [5.41, 5.74) is 0.474. The maximum atomic E-state index is 11.8. The third-order valence-corrected chi connectivity index (χ3v) is 6.58. The molecular weight excluding hydrogens is 384 g/mol. The van der Waals surface area contributed by atoms with Crippen LogP contribution in [0.3, 0.4) is 0 Å². The molecule has 1 aliphatic rings. The fraction of sp³-hybridized carbons (Fsp3) is 0.893. The summed E-state index contributed by atoms with van der Waals surface area (Å²) >= 11 is 0. The number of hydrogen-bond acceptors (Lipinski definition) is 3. The molecule has 2 unspecified atom stereocenters. The van der Waals surface area contributed by atoms with Gasteiger partial charge in [-0.1, -0.05) is 116 Å². The van der Waals surface area contributed by atoms with E-state index >= 15 is 0 Å². The van der Waals surface area contributed by atoms with E-state index in [1.54, 1.807) is 6.92 Å². The predicted octanol–water partition coefficient (Wildman–Crippen LogP) is 8.70. The predicted molar refractivity (Wildman–Crippen MR) is 132 cm³/mol. The van der Waals surface area contributed by atoms with E-state index in [4.69, 9.17) is 9.47 Å². The highest BCUT2D eigenvalue weighted by Crippen LogP contribution is 2.25. The Morgan fingerprint density at radius 2 is 1.13 bits per heavy atom.